The zero-order valence-electron chi connectivity index (χ0n) is 21.3. The Hall–Kier alpha value is -3.63. The molecule has 5 rings (SSSR count). The second kappa shape index (κ2) is 10.8. The van der Waals surface area contributed by atoms with Crippen LogP contribution in [0, 0.1) is 17.8 Å². The van der Waals surface area contributed by atoms with E-state index in [1.807, 2.05) is 24.5 Å². The summed E-state index contributed by atoms with van der Waals surface area (Å²) in [6.45, 7) is 6.18. The molecule has 0 bridgehead atoms. The fourth-order valence-electron chi connectivity index (χ4n) is 5.02. The lowest BCUT2D eigenvalue weighted by Crippen LogP contribution is -2.31. The van der Waals surface area contributed by atoms with E-state index in [1.165, 1.54) is 31.4 Å². The van der Waals surface area contributed by atoms with Gasteiger partial charge in [-0.1, -0.05) is 26.0 Å². The Balaban J connectivity index is 1.64. The third-order valence-electron chi connectivity index (χ3n) is 6.88. The molecule has 0 radical (unpaired) electrons. The number of hydrogen-bond donors (Lipinski definition) is 1. The molecule has 192 valence electrons. The number of imidazole rings is 1. The maximum Gasteiger partial charge on any atom is 0.309 e. The highest BCUT2D eigenvalue weighted by molar-refractivity contribution is 5.81. The molecule has 2 fully saturated rings. The van der Waals surface area contributed by atoms with E-state index >= 15 is 0 Å². The first kappa shape index (κ1) is 25.0. The second-order valence-corrected chi connectivity index (χ2v) is 10.1. The van der Waals surface area contributed by atoms with Crippen molar-refractivity contribution in [3.8, 4) is 34.5 Å². The standard InChI is InChI=1S/C30H32FN3O3/c1-20(2)30-32-28(22-7-6-8-24(17-22)33-14-4-3-5-15-33)29(21-9-11-23(31)12-10-21)34(30)16-13-26-18-25(35)19-27(36)37-26/h6-12,17,20,25-26,35H,3-5,14-15,18-19H2,1-2H3. The number of rotatable bonds is 4. The molecule has 0 spiro atoms. The fraction of sp³-hybridized carbons (Fsp3) is 0.400. The van der Waals surface area contributed by atoms with Gasteiger partial charge in [0.2, 0.25) is 0 Å². The number of aliphatic hydroxyl groups is 1. The number of anilines is 1. The number of nitrogens with zero attached hydrogens (tertiary/aromatic N) is 3. The molecule has 2 aliphatic rings. The molecule has 37 heavy (non-hydrogen) atoms. The summed E-state index contributed by atoms with van der Waals surface area (Å²) in [4.78, 5) is 19.3. The minimum absolute atomic E-state index is 0.0150. The molecule has 6 nitrogen and oxygen atoms in total. The molecule has 2 atom stereocenters. The zero-order valence-corrected chi connectivity index (χ0v) is 21.3. The van der Waals surface area contributed by atoms with Crippen LogP contribution in [0.4, 0.5) is 10.1 Å². The molecule has 0 saturated carbocycles. The first-order valence-corrected chi connectivity index (χ1v) is 13.0. The van der Waals surface area contributed by atoms with Gasteiger partial charge in [-0.05, 0) is 61.6 Å². The van der Waals surface area contributed by atoms with Gasteiger partial charge in [0.25, 0.3) is 0 Å². The number of esters is 1. The van der Waals surface area contributed by atoms with Crippen molar-refractivity contribution in [1.82, 2.24) is 9.55 Å². The first-order valence-electron chi connectivity index (χ1n) is 13.0. The summed E-state index contributed by atoms with van der Waals surface area (Å²) in [6, 6.07) is 17.9. The van der Waals surface area contributed by atoms with Crippen LogP contribution in [0.5, 0.6) is 0 Å². The summed E-state index contributed by atoms with van der Waals surface area (Å²) >= 11 is 0. The summed E-state index contributed by atoms with van der Waals surface area (Å²) < 4.78 is 21.0. The molecule has 1 aromatic heterocycles. The van der Waals surface area contributed by atoms with Crippen molar-refractivity contribution in [1.29, 1.82) is 0 Å². The van der Waals surface area contributed by atoms with E-state index in [2.05, 4.69) is 35.1 Å². The van der Waals surface area contributed by atoms with E-state index < -0.39 is 18.2 Å². The maximum absolute atomic E-state index is 13.9. The van der Waals surface area contributed by atoms with Gasteiger partial charge < -0.3 is 14.7 Å². The molecule has 2 saturated heterocycles. The Bertz CT molecular complexity index is 1330. The second-order valence-electron chi connectivity index (χ2n) is 10.1. The molecule has 0 amide bonds. The molecule has 2 aromatic carbocycles. The topological polar surface area (TPSA) is 67.6 Å². The number of ether oxygens (including phenoxy) is 1. The van der Waals surface area contributed by atoms with Crippen molar-refractivity contribution in [3.05, 3.63) is 60.2 Å². The summed E-state index contributed by atoms with van der Waals surface area (Å²) in [6.07, 6.45) is 2.42. The summed E-state index contributed by atoms with van der Waals surface area (Å²) in [5.41, 5.74) is 4.44. The van der Waals surface area contributed by atoms with Crippen LogP contribution in [0.25, 0.3) is 22.5 Å². The van der Waals surface area contributed by atoms with Gasteiger partial charge >= 0.3 is 5.97 Å². The van der Waals surface area contributed by atoms with E-state index in [0.29, 0.717) is 0 Å². The maximum atomic E-state index is 13.9. The predicted molar refractivity (Wildman–Crippen MR) is 142 cm³/mol. The third kappa shape index (κ3) is 5.55. The monoisotopic (exact) mass is 501 g/mol. The van der Waals surface area contributed by atoms with Crippen LogP contribution < -0.4 is 4.90 Å². The molecule has 2 aliphatic heterocycles. The number of halogens is 1. The van der Waals surface area contributed by atoms with E-state index in [9.17, 15) is 14.3 Å². The number of carbonyl (C=O) groups excluding carboxylic acids is 1. The van der Waals surface area contributed by atoms with Crippen molar-refractivity contribution in [2.24, 2.45) is 0 Å². The van der Waals surface area contributed by atoms with E-state index in [0.717, 1.165) is 47.1 Å². The molecular weight excluding hydrogens is 469 g/mol. The smallest absolute Gasteiger partial charge is 0.309 e. The first-order chi connectivity index (χ1) is 17.9. The molecule has 2 unspecified atom stereocenters. The molecule has 3 heterocycles. The average Bonchev–Trinajstić information content (AvgIpc) is 3.28. The zero-order chi connectivity index (χ0) is 25.9. The quantitative estimate of drug-likeness (QED) is 0.386. The van der Waals surface area contributed by atoms with Gasteiger partial charge in [0.15, 0.2) is 6.10 Å². The van der Waals surface area contributed by atoms with Crippen molar-refractivity contribution >= 4 is 11.7 Å². The Morgan fingerprint density at radius 1 is 1.08 bits per heavy atom. The average molecular weight is 502 g/mol. The number of aromatic nitrogens is 2. The lowest BCUT2D eigenvalue weighted by Gasteiger charge is -2.29. The normalized spacial score (nSPS) is 19.9. The van der Waals surface area contributed by atoms with Crippen LogP contribution in [-0.2, 0) is 9.53 Å². The van der Waals surface area contributed by atoms with Gasteiger partial charge in [-0.2, -0.15) is 0 Å². The Labute approximate surface area is 217 Å². The lowest BCUT2D eigenvalue weighted by atomic mass is 10.0. The summed E-state index contributed by atoms with van der Waals surface area (Å²) in [5.74, 6) is 3.06. The van der Waals surface area contributed by atoms with Crippen LogP contribution >= 0.6 is 0 Å². The van der Waals surface area contributed by atoms with E-state index in [-0.39, 0.29) is 24.6 Å². The van der Waals surface area contributed by atoms with Crippen molar-refractivity contribution in [2.75, 3.05) is 18.0 Å². The summed E-state index contributed by atoms with van der Waals surface area (Å²) in [5, 5.41) is 10.0. The number of cyclic esters (lactones) is 1. The Morgan fingerprint density at radius 3 is 2.54 bits per heavy atom. The number of hydrogen-bond acceptors (Lipinski definition) is 5. The number of aliphatic hydroxyl groups excluding tert-OH is 1. The van der Waals surface area contributed by atoms with Gasteiger partial charge in [-0.25, -0.2) is 9.37 Å². The highest BCUT2D eigenvalue weighted by Gasteiger charge is 2.27. The third-order valence-corrected chi connectivity index (χ3v) is 6.88. The molecule has 3 aromatic rings. The van der Waals surface area contributed by atoms with Crippen molar-refractivity contribution in [2.45, 2.75) is 64.1 Å². The van der Waals surface area contributed by atoms with Gasteiger partial charge in [-0.3, -0.25) is 9.36 Å². The van der Waals surface area contributed by atoms with Crippen LogP contribution in [0.3, 0.4) is 0 Å². The van der Waals surface area contributed by atoms with Crippen molar-refractivity contribution < 1.29 is 19.0 Å². The highest BCUT2D eigenvalue weighted by atomic mass is 19.1. The van der Waals surface area contributed by atoms with Crippen molar-refractivity contribution in [3.63, 3.8) is 0 Å². The Kier molecular flexibility index (Phi) is 7.29. The van der Waals surface area contributed by atoms with Crippen LogP contribution in [0.15, 0.2) is 48.5 Å². The fourth-order valence-corrected chi connectivity index (χ4v) is 5.02. The summed E-state index contributed by atoms with van der Waals surface area (Å²) in [7, 11) is 0. The van der Waals surface area contributed by atoms with Gasteiger partial charge in [-0.15, -0.1) is 0 Å². The lowest BCUT2D eigenvalue weighted by molar-refractivity contribution is -0.155. The van der Waals surface area contributed by atoms with Gasteiger partial charge in [0.05, 0.1) is 23.9 Å². The number of piperidine rings is 1. The molecule has 7 heteroatoms. The van der Waals surface area contributed by atoms with Crippen LogP contribution in [0.2, 0.25) is 0 Å². The number of benzene rings is 2. The molecule has 0 aliphatic carbocycles. The largest absolute Gasteiger partial charge is 0.449 e. The minimum Gasteiger partial charge on any atom is -0.449 e. The Morgan fingerprint density at radius 2 is 1.84 bits per heavy atom. The van der Waals surface area contributed by atoms with Gasteiger partial charge in [0.1, 0.15) is 11.6 Å². The molecular formula is C30H32FN3O3. The highest BCUT2D eigenvalue weighted by Crippen LogP contribution is 2.36. The van der Waals surface area contributed by atoms with Crippen LogP contribution in [0.1, 0.15) is 57.7 Å². The number of carbonyl (C=O) groups is 1. The molecule has 1 N–H and O–H groups in total. The minimum atomic E-state index is -0.766. The van der Waals surface area contributed by atoms with E-state index in [4.69, 9.17) is 9.72 Å². The van der Waals surface area contributed by atoms with Crippen LogP contribution in [-0.4, -0.2) is 45.9 Å². The predicted octanol–water partition coefficient (Wildman–Crippen LogP) is 5.35. The van der Waals surface area contributed by atoms with Gasteiger partial charge in [0, 0.05) is 48.3 Å². The van der Waals surface area contributed by atoms with E-state index in [1.54, 1.807) is 12.1 Å². The SMILES string of the molecule is CC(C)c1nc(-c2cccc(N3CCCCC3)c2)c(-c2ccc(F)cc2)n1C#CC1CC(O)CC(=O)O1.